The predicted molar refractivity (Wildman–Crippen MR) is 62.6 cm³/mol. The van der Waals surface area contributed by atoms with Crippen molar-refractivity contribution in [3.8, 4) is 0 Å². The Morgan fingerprint density at radius 3 is 2.71 bits per heavy atom. The summed E-state index contributed by atoms with van der Waals surface area (Å²) in [5.74, 6) is 0. The molecule has 82 valence electrons. The fourth-order valence-electron chi connectivity index (χ4n) is 1.56. The van der Waals surface area contributed by atoms with E-state index in [2.05, 4.69) is 23.8 Å². The molecule has 0 radical (unpaired) electrons. The number of hydrogen-bond acceptors (Lipinski definition) is 2. The lowest BCUT2D eigenvalue weighted by molar-refractivity contribution is 0.323. The third kappa shape index (κ3) is 6.17. The predicted octanol–water partition coefficient (Wildman–Crippen LogP) is 2.03. The molecule has 0 aromatic heterocycles. The molecule has 1 aliphatic rings. The van der Waals surface area contributed by atoms with Gasteiger partial charge in [0.25, 0.3) is 0 Å². The second kappa shape index (κ2) is 7.02. The van der Waals surface area contributed by atoms with Crippen LogP contribution in [0.15, 0.2) is 12.7 Å². The molecule has 0 aliphatic heterocycles. The fraction of sp³-hybridized carbons (Fsp3) is 0.833. The average molecular weight is 196 g/mol. The van der Waals surface area contributed by atoms with Gasteiger partial charge in [-0.1, -0.05) is 6.08 Å². The maximum absolute atomic E-state index is 3.73. The Morgan fingerprint density at radius 1 is 1.36 bits per heavy atom. The van der Waals surface area contributed by atoms with E-state index < -0.39 is 0 Å². The van der Waals surface area contributed by atoms with Gasteiger partial charge < -0.3 is 10.2 Å². The van der Waals surface area contributed by atoms with Gasteiger partial charge in [0.05, 0.1) is 0 Å². The molecule has 2 nitrogen and oxygen atoms in total. The summed E-state index contributed by atoms with van der Waals surface area (Å²) >= 11 is 0. The van der Waals surface area contributed by atoms with Crippen LogP contribution in [0.3, 0.4) is 0 Å². The van der Waals surface area contributed by atoms with Crippen molar-refractivity contribution in [1.29, 1.82) is 0 Å². The molecule has 0 atom stereocenters. The molecule has 1 N–H and O–H groups in total. The van der Waals surface area contributed by atoms with Gasteiger partial charge in [-0.15, -0.1) is 6.58 Å². The van der Waals surface area contributed by atoms with Crippen molar-refractivity contribution in [2.75, 3.05) is 26.7 Å². The van der Waals surface area contributed by atoms with E-state index >= 15 is 0 Å². The van der Waals surface area contributed by atoms with Crippen LogP contribution < -0.4 is 5.32 Å². The van der Waals surface area contributed by atoms with Gasteiger partial charge in [-0.05, 0) is 58.8 Å². The number of nitrogens with one attached hydrogen (secondary N) is 1. The summed E-state index contributed by atoms with van der Waals surface area (Å²) in [6.07, 6.45) is 8.47. The molecule has 0 saturated heterocycles. The van der Waals surface area contributed by atoms with E-state index in [1.807, 2.05) is 6.08 Å². The molecule has 0 amide bonds. The average Bonchev–Trinajstić information content (AvgIpc) is 2.97. The van der Waals surface area contributed by atoms with Crippen molar-refractivity contribution >= 4 is 0 Å². The first kappa shape index (κ1) is 11.7. The first-order chi connectivity index (χ1) is 6.83. The second-order valence-corrected chi connectivity index (χ2v) is 4.32. The van der Waals surface area contributed by atoms with Crippen molar-refractivity contribution in [3.05, 3.63) is 12.7 Å². The van der Waals surface area contributed by atoms with Crippen LogP contribution in [0.5, 0.6) is 0 Å². The minimum Gasteiger partial charge on any atom is -0.314 e. The summed E-state index contributed by atoms with van der Waals surface area (Å²) in [5, 5.41) is 3.54. The highest BCUT2D eigenvalue weighted by molar-refractivity contribution is 4.80. The molecule has 0 aromatic rings. The van der Waals surface area contributed by atoms with Crippen LogP contribution in [0.4, 0.5) is 0 Å². The number of unbranched alkanes of at least 4 members (excludes halogenated alkanes) is 1. The zero-order chi connectivity index (χ0) is 10.2. The van der Waals surface area contributed by atoms with Gasteiger partial charge >= 0.3 is 0 Å². The molecule has 2 heteroatoms. The summed E-state index contributed by atoms with van der Waals surface area (Å²) in [5.41, 5.74) is 0. The van der Waals surface area contributed by atoms with Crippen LogP contribution >= 0.6 is 0 Å². The fourth-order valence-corrected chi connectivity index (χ4v) is 1.56. The van der Waals surface area contributed by atoms with Crippen molar-refractivity contribution < 1.29 is 0 Å². The largest absolute Gasteiger partial charge is 0.314 e. The first-order valence-corrected chi connectivity index (χ1v) is 5.85. The van der Waals surface area contributed by atoms with E-state index in [0.717, 1.165) is 12.5 Å². The molecule has 1 rings (SSSR count). The van der Waals surface area contributed by atoms with Crippen LogP contribution in [0, 0.1) is 0 Å². The summed E-state index contributed by atoms with van der Waals surface area (Å²) in [7, 11) is 2.21. The molecule has 14 heavy (non-hydrogen) atoms. The summed E-state index contributed by atoms with van der Waals surface area (Å²) < 4.78 is 0. The number of allylic oxidation sites excluding steroid dienone is 1. The van der Waals surface area contributed by atoms with Crippen LogP contribution in [0.25, 0.3) is 0 Å². The van der Waals surface area contributed by atoms with Gasteiger partial charge in [-0.25, -0.2) is 0 Å². The SMILES string of the molecule is C=CCCCN(C)CCCNC1CC1. The number of rotatable bonds is 9. The molecule has 0 aromatic carbocycles. The zero-order valence-corrected chi connectivity index (χ0v) is 9.47. The monoisotopic (exact) mass is 196 g/mol. The molecular formula is C12H24N2. The Kier molecular flexibility index (Phi) is 5.88. The Bertz CT molecular complexity index is 152. The van der Waals surface area contributed by atoms with Gasteiger partial charge in [0, 0.05) is 6.04 Å². The van der Waals surface area contributed by atoms with Crippen LogP contribution in [0.2, 0.25) is 0 Å². The van der Waals surface area contributed by atoms with Crippen molar-refractivity contribution in [2.45, 2.75) is 38.1 Å². The zero-order valence-electron chi connectivity index (χ0n) is 9.47. The standard InChI is InChI=1S/C12H24N2/c1-3-4-5-10-14(2)11-6-9-13-12-7-8-12/h3,12-13H,1,4-11H2,2H3. The minimum absolute atomic E-state index is 0.862. The second-order valence-electron chi connectivity index (χ2n) is 4.32. The summed E-state index contributed by atoms with van der Waals surface area (Å²) in [4.78, 5) is 2.41. The molecule has 0 spiro atoms. The van der Waals surface area contributed by atoms with Crippen molar-refractivity contribution in [1.82, 2.24) is 10.2 Å². The minimum atomic E-state index is 0.862. The molecule has 1 aliphatic carbocycles. The maximum atomic E-state index is 3.73. The van der Waals surface area contributed by atoms with Gasteiger partial charge in [0.15, 0.2) is 0 Å². The maximum Gasteiger partial charge on any atom is 0.00682 e. The Labute approximate surface area is 88.4 Å². The van der Waals surface area contributed by atoms with E-state index in [1.165, 1.54) is 45.3 Å². The third-order valence-electron chi connectivity index (χ3n) is 2.68. The van der Waals surface area contributed by atoms with Gasteiger partial charge in [0.1, 0.15) is 0 Å². The molecule has 1 fully saturated rings. The molecule has 0 unspecified atom stereocenters. The highest BCUT2D eigenvalue weighted by Gasteiger charge is 2.19. The molecular weight excluding hydrogens is 172 g/mol. The van der Waals surface area contributed by atoms with Crippen LogP contribution in [-0.4, -0.2) is 37.6 Å². The number of nitrogens with zero attached hydrogens (tertiary/aromatic N) is 1. The Balaban J connectivity index is 1.81. The molecule has 0 bridgehead atoms. The van der Waals surface area contributed by atoms with Gasteiger partial charge in [-0.3, -0.25) is 0 Å². The van der Waals surface area contributed by atoms with Gasteiger partial charge in [-0.2, -0.15) is 0 Å². The lowest BCUT2D eigenvalue weighted by atomic mass is 10.3. The first-order valence-electron chi connectivity index (χ1n) is 5.85. The van der Waals surface area contributed by atoms with E-state index in [-0.39, 0.29) is 0 Å². The molecule has 0 heterocycles. The van der Waals surface area contributed by atoms with E-state index in [4.69, 9.17) is 0 Å². The highest BCUT2D eigenvalue weighted by atomic mass is 15.1. The van der Waals surface area contributed by atoms with Crippen LogP contribution in [-0.2, 0) is 0 Å². The summed E-state index contributed by atoms with van der Waals surface area (Å²) in [6.45, 7) is 7.34. The van der Waals surface area contributed by atoms with Crippen molar-refractivity contribution in [2.24, 2.45) is 0 Å². The van der Waals surface area contributed by atoms with Gasteiger partial charge in [0.2, 0.25) is 0 Å². The lowest BCUT2D eigenvalue weighted by Crippen LogP contribution is -2.25. The normalized spacial score (nSPS) is 16.1. The quantitative estimate of drug-likeness (QED) is 0.448. The summed E-state index contributed by atoms with van der Waals surface area (Å²) in [6, 6.07) is 0.862. The van der Waals surface area contributed by atoms with Crippen LogP contribution in [0.1, 0.15) is 32.1 Å². The highest BCUT2D eigenvalue weighted by Crippen LogP contribution is 2.18. The topological polar surface area (TPSA) is 15.3 Å². The Morgan fingerprint density at radius 2 is 2.07 bits per heavy atom. The third-order valence-corrected chi connectivity index (χ3v) is 2.68. The molecule has 1 saturated carbocycles. The lowest BCUT2D eigenvalue weighted by Gasteiger charge is -2.15. The smallest absolute Gasteiger partial charge is 0.00682 e. The van der Waals surface area contributed by atoms with Crippen molar-refractivity contribution in [3.63, 3.8) is 0 Å². The number of hydrogen-bond donors (Lipinski definition) is 1. The van der Waals surface area contributed by atoms with E-state index in [9.17, 15) is 0 Å². The van der Waals surface area contributed by atoms with E-state index in [0.29, 0.717) is 0 Å². The van der Waals surface area contributed by atoms with E-state index in [1.54, 1.807) is 0 Å². The Hall–Kier alpha value is -0.340.